The van der Waals surface area contributed by atoms with E-state index in [9.17, 15) is 27.1 Å². The molecule has 3 aromatic heterocycles. The van der Waals surface area contributed by atoms with Crippen LogP contribution >= 0.6 is 0 Å². The van der Waals surface area contributed by atoms with Crippen LogP contribution in [-0.4, -0.2) is 44.8 Å². The Kier molecular flexibility index (Phi) is 5.34. The Balaban J connectivity index is 1.77. The largest absolute Gasteiger partial charge is 0.421 e. The van der Waals surface area contributed by atoms with Crippen molar-refractivity contribution in [1.82, 2.24) is 19.7 Å². The zero-order chi connectivity index (χ0) is 22.4. The summed E-state index contributed by atoms with van der Waals surface area (Å²) in [5.41, 5.74) is -3.62. The molecule has 31 heavy (non-hydrogen) atoms. The second-order valence-corrected chi connectivity index (χ2v) is 7.70. The highest BCUT2D eigenvalue weighted by atomic mass is 19.4. The molecule has 2 unspecified atom stereocenters. The van der Waals surface area contributed by atoms with Gasteiger partial charge in [-0.2, -0.15) is 13.2 Å². The number of rotatable bonds is 4. The van der Waals surface area contributed by atoms with Crippen molar-refractivity contribution in [3.8, 4) is 11.4 Å². The SMILES string of the molecule is CC(O)(c1ccc2ncc(-c3nc(NC4CCCNC4)c(F)cc3F)n2c1)C(F)(F)F. The predicted molar refractivity (Wildman–Crippen MR) is 103 cm³/mol. The van der Waals surface area contributed by atoms with Gasteiger partial charge in [-0.05, 0) is 32.4 Å². The molecule has 166 valence electrons. The summed E-state index contributed by atoms with van der Waals surface area (Å²) in [6.07, 6.45) is -0.995. The van der Waals surface area contributed by atoms with Gasteiger partial charge in [-0.1, -0.05) is 6.07 Å². The summed E-state index contributed by atoms with van der Waals surface area (Å²) in [4.78, 5) is 8.12. The van der Waals surface area contributed by atoms with Gasteiger partial charge < -0.3 is 15.7 Å². The number of hydrogen-bond acceptors (Lipinski definition) is 5. The van der Waals surface area contributed by atoms with Crippen LogP contribution in [0.3, 0.4) is 0 Å². The van der Waals surface area contributed by atoms with Gasteiger partial charge >= 0.3 is 6.18 Å². The molecular weight excluding hydrogens is 421 g/mol. The summed E-state index contributed by atoms with van der Waals surface area (Å²) in [5.74, 6) is -2.01. The summed E-state index contributed by atoms with van der Waals surface area (Å²) in [7, 11) is 0. The lowest BCUT2D eigenvalue weighted by Crippen LogP contribution is -2.39. The van der Waals surface area contributed by atoms with Gasteiger partial charge in [-0.15, -0.1) is 0 Å². The normalized spacial score (nSPS) is 19.4. The summed E-state index contributed by atoms with van der Waals surface area (Å²) < 4.78 is 69.9. The second-order valence-electron chi connectivity index (χ2n) is 7.70. The first-order valence-corrected chi connectivity index (χ1v) is 9.68. The fourth-order valence-electron chi connectivity index (χ4n) is 3.52. The van der Waals surface area contributed by atoms with Crippen LogP contribution < -0.4 is 10.6 Å². The maximum Gasteiger partial charge on any atom is 0.421 e. The number of nitrogens with one attached hydrogen (secondary N) is 2. The van der Waals surface area contributed by atoms with Gasteiger partial charge in [0.05, 0.1) is 11.9 Å². The molecule has 2 atom stereocenters. The lowest BCUT2D eigenvalue weighted by molar-refractivity contribution is -0.259. The average molecular weight is 441 g/mol. The maximum absolute atomic E-state index is 14.6. The molecule has 4 rings (SSSR count). The summed E-state index contributed by atoms with van der Waals surface area (Å²) in [6, 6.07) is 2.95. The molecule has 11 heteroatoms. The molecule has 0 spiro atoms. The molecule has 0 radical (unpaired) electrons. The first kappa shape index (κ1) is 21.4. The number of pyridine rings is 2. The Morgan fingerprint density at radius 2 is 2.00 bits per heavy atom. The summed E-state index contributed by atoms with van der Waals surface area (Å²) >= 11 is 0. The average Bonchev–Trinajstić information content (AvgIpc) is 3.13. The van der Waals surface area contributed by atoms with E-state index in [-0.39, 0.29) is 28.9 Å². The van der Waals surface area contributed by atoms with E-state index in [4.69, 9.17) is 0 Å². The number of piperidine rings is 1. The minimum absolute atomic E-state index is 0.0251. The van der Waals surface area contributed by atoms with Crippen molar-refractivity contribution in [2.24, 2.45) is 0 Å². The van der Waals surface area contributed by atoms with Crippen LogP contribution in [0.2, 0.25) is 0 Å². The lowest BCUT2D eigenvalue weighted by Gasteiger charge is -2.26. The van der Waals surface area contributed by atoms with Gasteiger partial charge in [-0.25, -0.2) is 18.7 Å². The van der Waals surface area contributed by atoms with Gasteiger partial charge in [0.1, 0.15) is 11.3 Å². The Hall–Kier alpha value is -2.79. The van der Waals surface area contributed by atoms with Gasteiger partial charge in [0.2, 0.25) is 0 Å². The van der Waals surface area contributed by atoms with Crippen molar-refractivity contribution in [3.05, 3.63) is 47.8 Å². The standard InChI is InChI=1S/C20H20F5N5O/c1-19(31,20(23,24)25)11-4-5-16-27-9-15(30(16)10-11)17-13(21)7-14(22)18(29-17)28-12-3-2-6-26-8-12/h4-5,7,9-10,12,26,31H,2-3,6,8H2,1H3,(H,28,29). The van der Waals surface area contributed by atoms with E-state index in [1.54, 1.807) is 0 Å². The van der Waals surface area contributed by atoms with E-state index < -0.39 is 29.0 Å². The Labute approximate surface area is 174 Å². The van der Waals surface area contributed by atoms with E-state index in [0.29, 0.717) is 19.5 Å². The zero-order valence-electron chi connectivity index (χ0n) is 16.5. The molecule has 0 aromatic carbocycles. The van der Waals surface area contributed by atoms with Crippen LogP contribution in [0.25, 0.3) is 17.0 Å². The van der Waals surface area contributed by atoms with Gasteiger partial charge in [0.25, 0.3) is 0 Å². The molecule has 1 aliphatic rings. The minimum atomic E-state index is -4.92. The highest BCUT2D eigenvalue weighted by Gasteiger charge is 2.51. The monoisotopic (exact) mass is 441 g/mol. The smallest absolute Gasteiger partial charge is 0.376 e. The third-order valence-corrected chi connectivity index (χ3v) is 5.43. The number of fused-ring (bicyclic) bond motifs is 1. The Morgan fingerprint density at radius 1 is 1.23 bits per heavy atom. The predicted octanol–water partition coefficient (Wildman–Crippen LogP) is 3.61. The topological polar surface area (TPSA) is 74.5 Å². The lowest BCUT2D eigenvalue weighted by atomic mass is 9.97. The van der Waals surface area contributed by atoms with Crippen LogP contribution in [-0.2, 0) is 5.60 Å². The zero-order valence-corrected chi connectivity index (χ0v) is 16.5. The van der Waals surface area contributed by atoms with Crippen LogP contribution in [0.5, 0.6) is 0 Å². The Bertz CT molecular complexity index is 1110. The molecule has 0 amide bonds. The van der Waals surface area contributed by atoms with E-state index in [1.165, 1.54) is 16.7 Å². The number of anilines is 1. The quantitative estimate of drug-likeness (QED) is 0.540. The van der Waals surface area contributed by atoms with Gasteiger partial charge in [0.15, 0.2) is 23.1 Å². The van der Waals surface area contributed by atoms with Gasteiger partial charge in [-0.3, -0.25) is 4.40 Å². The van der Waals surface area contributed by atoms with Gasteiger partial charge in [0, 0.05) is 30.4 Å². The van der Waals surface area contributed by atoms with Crippen LogP contribution in [0.4, 0.5) is 27.8 Å². The number of halogens is 5. The summed E-state index contributed by atoms with van der Waals surface area (Å²) in [6.45, 7) is 2.08. The number of imidazole rings is 1. The van der Waals surface area contributed by atoms with E-state index >= 15 is 0 Å². The number of aliphatic hydroxyl groups is 1. The molecule has 4 heterocycles. The van der Waals surface area contributed by atoms with E-state index in [2.05, 4.69) is 20.6 Å². The molecule has 3 aromatic rings. The summed E-state index contributed by atoms with van der Waals surface area (Å²) in [5, 5.41) is 16.1. The third kappa shape index (κ3) is 3.94. The number of hydrogen-bond donors (Lipinski definition) is 3. The number of aromatic nitrogens is 3. The maximum atomic E-state index is 14.6. The molecule has 0 bridgehead atoms. The van der Waals surface area contributed by atoms with Crippen molar-refractivity contribution in [2.45, 2.75) is 37.6 Å². The van der Waals surface area contributed by atoms with Crippen molar-refractivity contribution in [3.63, 3.8) is 0 Å². The van der Waals surface area contributed by atoms with Crippen LogP contribution in [0, 0.1) is 11.6 Å². The number of nitrogens with zero attached hydrogens (tertiary/aromatic N) is 3. The number of alkyl halides is 3. The molecule has 1 fully saturated rings. The fraction of sp³-hybridized carbons (Fsp3) is 0.400. The third-order valence-electron chi connectivity index (χ3n) is 5.43. The first-order valence-electron chi connectivity index (χ1n) is 9.68. The fourth-order valence-corrected chi connectivity index (χ4v) is 3.52. The molecule has 3 N–H and O–H groups in total. The van der Waals surface area contributed by atoms with Crippen LogP contribution in [0.1, 0.15) is 25.3 Å². The molecule has 0 aliphatic carbocycles. The molecule has 0 saturated carbocycles. The molecule has 1 aliphatic heterocycles. The molecule has 1 saturated heterocycles. The highest BCUT2D eigenvalue weighted by Crippen LogP contribution is 2.39. The Morgan fingerprint density at radius 3 is 2.68 bits per heavy atom. The van der Waals surface area contributed by atoms with Crippen molar-refractivity contribution in [1.29, 1.82) is 0 Å². The van der Waals surface area contributed by atoms with Crippen molar-refractivity contribution < 1.29 is 27.1 Å². The van der Waals surface area contributed by atoms with E-state index in [0.717, 1.165) is 31.6 Å². The van der Waals surface area contributed by atoms with E-state index in [1.807, 2.05) is 0 Å². The van der Waals surface area contributed by atoms with Crippen molar-refractivity contribution >= 4 is 11.5 Å². The first-order chi connectivity index (χ1) is 14.6. The second kappa shape index (κ2) is 7.72. The molecule has 6 nitrogen and oxygen atoms in total. The van der Waals surface area contributed by atoms with Crippen molar-refractivity contribution in [2.75, 3.05) is 18.4 Å². The molecular formula is C20H20F5N5O. The highest BCUT2D eigenvalue weighted by molar-refractivity contribution is 5.63. The van der Waals surface area contributed by atoms with Crippen LogP contribution in [0.15, 0.2) is 30.6 Å². The minimum Gasteiger partial charge on any atom is -0.376 e.